The molecule has 0 aliphatic carbocycles. The molecule has 0 atom stereocenters. The summed E-state index contributed by atoms with van der Waals surface area (Å²) >= 11 is 0. The lowest BCUT2D eigenvalue weighted by molar-refractivity contribution is 0.0715. The molecule has 1 aliphatic rings. The standard InChI is InChI=1S/C23H21N5O4/c1-2-21-25-22(26-32-21)15-7-8-20(24-14-15)27-9-11-28(12-10-27)23(30)19-13-17(29)16-5-3-4-6-18(16)31-19/h3-8,13-14H,2,9-12H2,1H3. The van der Waals surface area contributed by atoms with Gasteiger partial charge in [0.25, 0.3) is 5.91 Å². The van der Waals surface area contributed by atoms with Crippen molar-refractivity contribution in [3.8, 4) is 11.4 Å². The molecular formula is C23H21N5O4. The highest BCUT2D eigenvalue weighted by Gasteiger charge is 2.25. The molecule has 9 nitrogen and oxygen atoms in total. The van der Waals surface area contributed by atoms with E-state index in [0.717, 1.165) is 11.4 Å². The van der Waals surface area contributed by atoms with Gasteiger partial charge in [0, 0.05) is 50.4 Å². The van der Waals surface area contributed by atoms with Gasteiger partial charge in [-0.05, 0) is 24.3 Å². The zero-order chi connectivity index (χ0) is 22.1. The second kappa shape index (κ2) is 8.26. The van der Waals surface area contributed by atoms with E-state index in [-0.39, 0.29) is 17.1 Å². The summed E-state index contributed by atoms with van der Waals surface area (Å²) in [5.74, 6) is 1.72. The Morgan fingerprint density at radius 2 is 1.91 bits per heavy atom. The van der Waals surface area contributed by atoms with Gasteiger partial charge >= 0.3 is 0 Å². The van der Waals surface area contributed by atoms with Crippen molar-refractivity contribution in [2.45, 2.75) is 13.3 Å². The molecule has 32 heavy (non-hydrogen) atoms. The van der Waals surface area contributed by atoms with Gasteiger partial charge in [0.15, 0.2) is 11.2 Å². The fraction of sp³-hybridized carbons (Fsp3) is 0.261. The minimum Gasteiger partial charge on any atom is -0.451 e. The number of benzene rings is 1. The second-order valence-electron chi connectivity index (χ2n) is 7.52. The number of fused-ring (bicyclic) bond motifs is 1. The minimum absolute atomic E-state index is 0.0659. The molecule has 1 amide bonds. The molecule has 3 aromatic heterocycles. The summed E-state index contributed by atoms with van der Waals surface area (Å²) < 4.78 is 10.8. The molecule has 9 heteroatoms. The lowest BCUT2D eigenvalue weighted by Crippen LogP contribution is -2.49. The van der Waals surface area contributed by atoms with E-state index < -0.39 is 0 Å². The molecule has 0 unspecified atom stereocenters. The van der Waals surface area contributed by atoms with Gasteiger partial charge in [-0.2, -0.15) is 4.98 Å². The number of anilines is 1. The summed E-state index contributed by atoms with van der Waals surface area (Å²) in [6.45, 7) is 4.21. The highest BCUT2D eigenvalue weighted by atomic mass is 16.5. The second-order valence-corrected chi connectivity index (χ2v) is 7.52. The average Bonchev–Trinajstić information content (AvgIpc) is 3.33. The van der Waals surface area contributed by atoms with E-state index in [1.54, 1.807) is 35.4 Å². The minimum atomic E-state index is -0.278. The SMILES string of the molecule is CCc1nc(-c2ccc(N3CCN(C(=O)c4cc(=O)c5ccccc5o4)CC3)nc2)no1. The number of hydrogen-bond acceptors (Lipinski definition) is 8. The van der Waals surface area contributed by atoms with E-state index in [0.29, 0.717) is 55.3 Å². The molecule has 0 saturated carbocycles. The number of aromatic nitrogens is 3. The first-order valence-electron chi connectivity index (χ1n) is 10.5. The molecule has 4 heterocycles. The lowest BCUT2D eigenvalue weighted by Gasteiger charge is -2.35. The van der Waals surface area contributed by atoms with Crippen molar-refractivity contribution in [2.24, 2.45) is 0 Å². The van der Waals surface area contributed by atoms with Crippen molar-refractivity contribution in [2.75, 3.05) is 31.1 Å². The average molecular weight is 431 g/mol. The third kappa shape index (κ3) is 3.73. The van der Waals surface area contributed by atoms with Crippen LogP contribution in [0.15, 0.2) is 62.4 Å². The molecule has 4 aromatic rings. The van der Waals surface area contributed by atoms with Crippen molar-refractivity contribution in [3.63, 3.8) is 0 Å². The van der Waals surface area contributed by atoms with Crippen molar-refractivity contribution in [3.05, 3.63) is 70.5 Å². The largest absolute Gasteiger partial charge is 0.451 e. The zero-order valence-corrected chi connectivity index (χ0v) is 17.5. The van der Waals surface area contributed by atoms with Crippen LogP contribution in [0.25, 0.3) is 22.4 Å². The van der Waals surface area contributed by atoms with Crippen LogP contribution in [0.4, 0.5) is 5.82 Å². The number of amides is 1. The monoisotopic (exact) mass is 431 g/mol. The normalized spacial score (nSPS) is 14.2. The van der Waals surface area contributed by atoms with Crippen LogP contribution in [0.3, 0.4) is 0 Å². The maximum absolute atomic E-state index is 12.9. The van der Waals surface area contributed by atoms with Gasteiger partial charge in [0.05, 0.1) is 5.39 Å². The predicted octanol–water partition coefficient (Wildman–Crippen LogP) is 2.76. The highest BCUT2D eigenvalue weighted by Crippen LogP contribution is 2.20. The fourth-order valence-corrected chi connectivity index (χ4v) is 3.72. The third-order valence-electron chi connectivity index (χ3n) is 5.51. The molecule has 5 rings (SSSR count). The van der Waals surface area contributed by atoms with Crippen LogP contribution < -0.4 is 10.3 Å². The van der Waals surface area contributed by atoms with E-state index in [2.05, 4.69) is 20.0 Å². The lowest BCUT2D eigenvalue weighted by atomic mass is 10.2. The number of nitrogens with zero attached hydrogens (tertiary/aromatic N) is 5. The maximum Gasteiger partial charge on any atom is 0.289 e. The zero-order valence-electron chi connectivity index (χ0n) is 17.5. The van der Waals surface area contributed by atoms with Gasteiger partial charge in [-0.25, -0.2) is 4.98 Å². The topological polar surface area (TPSA) is 106 Å². The quantitative estimate of drug-likeness (QED) is 0.486. The van der Waals surface area contributed by atoms with E-state index in [9.17, 15) is 9.59 Å². The summed E-state index contributed by atoms with van der Waals surface area (Å²) in [6, 6.07) is 12.0. The third-order valence-corrected chi connectivity index (χ3v) is 5.51. The van der Waals surface area contributed by atoms with Crippen LogP contribution in [0.2, 0.25) is 0 Å². The van der Waals surface area contributed by atoms with E-state index in [4.69, 9.17) is 8.94 Å². The van der Waals surface area contributed by atoms with Gasteiger partial charge in [0.2, 0.25) is 11.7 Å². The van der Waals surface area contributed by atoms with Crippen LogP contribution in [0.5, 0.6) is 0 Å². The molecule has 1 aliphatic heterocycles. The summed E-state index contributed by atoms with van der Waals surface area (Å²) in [6.07, 6.45) is 2.41. The molecule has 1 aromatic carbocycles. The van der Waals surface area contributed by atoms with Crippen molar-refractivity contribution >= 4 is 22.7 Å². The van der Waals surface area contributed by atoms with Crippen molar-refractivity contribution in [1.82, 2.24) is 20.0 Å². The highest BCUT2D eigenvalue weighted by molar-refractivity contribution is 5.93. The van der Waals surface area contributed by atoms with Gasteiger partial charge < -0.3 is 18.7 Å². The number of carbonyl (C=O) groups is 1. The first-order valence-corrected chi connectivity index (χ1v) is 10.5. The van der Waals surface area contributed by atoms with Crippen molar-refractivity contribution < 1.29 is 13.7 Å². The Kier molecular flexibility index (Phi) is 5.14. The van der Waals surface area contributed by atoms with Crippen LogP contribution in [0.1, 0.15) is 23.4 Å². The molecule has 0 radical (unpaired) electrons. The Morgan fingerprint density at radius 3 is 2.62 bits per heavy atom. The smallest absolute Gasteiger partial charge is 0.289 e. The number of para-hydroxylation sites is 1. The van der Waals surface area contributed by atoms with Gasteiger partial charge in [-0.1, -0.05) is 24.2 Å². The molecule has 162 valence electrons. The molecular weight excluding hydrogens is 410 g/mol. The molecule has 1 fully saturated rings. The predicted molar refractivity (Wildman–Crippen MR) is 118 cm³/mol. The van der Waals surface area contributed by atoms with Crippen LogP contribution in [-0.4, -0.2) is 52.1 Å². The fourth-order valence-electron chi connectivity index (χ4n) is 3.72. The number of aryl methyl sites for hydroxylation is 1. The summed E-state index contributed by atoms with van der Waals surface area (Å²) in [4.78, 5) is 37.9. The van der Waals surface area contributed by atoms with Gasteiger partial charge in [-0.15, -0.1) is 0 Å². The van der Waals surface area contributed by atoms with Gasteiger partial charge in [0.1, 0.15) is 11.4 Å². The molecule has 0 spiro atoms. The Bertz CT molecular complexity index is 1320. The van der Waals surface area contributed by atoms with Crippen LogP contribution in [-0.2, 0) is 6.42 Å². The number of rotatable bonds is 4. The Morgan fingerprint density at radius 1 is 1.09 bits per heavy atom. The first kappa shape index (κ1) is 19.9. The van der Waals surface area contributed by atoms with E-state index in [1.807, 2.05) is 19.1 Å². The van der Waals surface area contributed by atoms with E-state index in [1.165, 1.54) is 6.07 Å². The maximum atomic E-state index is 12.9. The Hall–Kier alpha value is -4.01. The summed E-state index contributed by atoms with van der Waals surface area (Å²) in [5, 5.41) is 4.44. The number of piperazine rings is 1. The van der Waals surface area contributed by atoms with Crippen LogP contribution in [0, 0.1) is 0 Å². The van der Waals surface area contributed by atoms with Gasteiger partial charge in [-0.3, -0.25) is 9.59 Å². The number of pyridine rings is 1. The Labute approximate surface area is 183 Å². The summed E-state index contributed by atoms with van der Waals surface area (Å²) in [7, 11) is 0. The van der Waals surface area contributed by atoms with Crippen molar-refractivity contribution in [1.29, 1.82) is 0 Å². The molecule has 0 N–H and O–H groups in total. The Balaban J connectivity index is 1.26. The van der Waals surface area contributed by atoms with E-state index >= 15 is 0 Å². The molecule has 1 saturated heterocycles. The summed E-state index contributed by atoms with van der Waals surface area (Å²) in [5.41, 5.74) is 0.988. The number of carbonyl (C=O) groups excluding carboxylic acids is 1. The molecule has 0 bridgehead atoms. The van der Waals surface area contributed by atoms with Crippen LogP contribution >= 0.6 is 0 Å². The first-order chi connectivity index (χ1) is 15.6. The number of hydrogen-bond donors (Lipinski definition) is 0.